The van der Waals surface area contributed by atoms with Crippen molar-refractivity contribution >= 4 is 0 Å². The first-order valence-electron chi connectivity index (χ1n) is 8.51. The molecule has 0 aliphatic carbocycles. The highest BCUT2D eigenvalue weighted by Crippen LogP contribution is 2.44. The molecule has 2 atom stereocenters. The van der Waals surface area contributed by atoms with Gasteiger partial charge >= 0.3 is 0 Å². The first-order chi connectivity index (χ1) is 13.1. The predicted octanol–water partition coefficient (Wildman–Crippen LogP) is 4.81. The average Bonchev–Trinajstić information content (AvgIpc) is 2.69. The number of hydrogen-bond donors (Lipinski definition) is 0. The van der Waals surface area contributed by atoms with E-state index >= 15 is 0 Å². The molecule has 0 spiro atoms. The van der Waals surface area contributed by atoms with E-state index in [1.165, 1.54) is 0 Å². The van der Waals surface area contributed by atoms with Gasteiger partial charge in [0.1, 0.15) is 5.92 Å². The quantitative estimate of drug-likeness (QED) is 0.446. The molecule has 2 unspecified atom stereocenters. The molecule has 0 radical (unpaired) electrons. The van der Waals surface area contributed by atoms with E-state index < -0.39 is 27.8 Å². The standard InChI is InChI=1S/C21H18N2O4/c24-22(25)20(17-12-6-2-7-13-17)19(16-10-4-1-5-11-16)21(23(26)27)18-14-8-3-9-15-18/h1-15,19-21H. The molecule has 0 bridgehead atoms. The Labute approximate surface area is 156 Å². The highest BCUT2D eigenvalue weighted by Gasteiger charge is 2.46. The summed E-state index contributed by atoms with van der Waals surface area (Å²) in [4.78, 5) is 23.3. The van der Waals surface area contributed by atoms with Crippen LogP contribution in [0, 0.1) is 20.2 Å². The third-order valence-corrected chi connectivity index (χ3v) is 4.60. The zero-order valence-corrected chi connectivity index (χ0v) is 14.4. The van der Waals surface area contributed by atoms with Gasteiger partial charge in [-0.3, -0.25) is 20.2 Å². The van der Waals surface area contributed by atoms with E-state index in [-0.39, 0.29) is 0 Å². The normalized spacial score (nSPS) is 14.1. The molecule has 0 fully saturated rings. The molecule has 0 heterocycles. The Hall–Kier alpha value is -3.54. The van der Waals surface area contributed by atoms with E-state index in [0.29, 0.717) is 16.7 Å². The van der Waals surface area contributed by atoms with Gasteiger partial charge in [-0.1, -0.05) is 91.0 Å². The second-order valence-corrected chi connectivity index (χ2v) is 6.22. The lowest BCUT2D eigenvalue weighted by Gasteiger charge is -2.25. The van der Waals surface area contributed by atoms with Crippen molar-refractivity contribution < 1.29 is 9.85 Å². The molecule has 6 heteroatoms. The summed E-state index contributed by atoms with van der Waals surface area (Å²) >= 11 is 0. The second-order valence-electron chi connectivity index (χ2n) is 6.22. The first-order valence-corrected chi connectivity index (χ1v) is 8.51. The summed E-state index contributed by atoms with van der Waals surface area (Å²) in [6, 6.07) is 23.1. The van der Waals surface area contributed by atoms with Crippen molar-refractivity contribution in [3.63, 3.8) is 0 Å². The van der Waals surface area contributed by atoms with Gasteiger partial charge in [0.2, 0.25) is 0 Å². The summed E-state index contributed by atoms with van der Waals surface area (Å²) in [5.74, 6) is -0.957. The van der Waals surface area contributed by atoms with Crippen LogP contribution in [0.1, 0.15) is 34.7 Å². The SMILES string of the molecule is O=[N+]([O-])C(c1ccccc1)C(c1ccccc1)C(c1ccccc1)[N+](=O)[O-]. The number of benzene rings is 3. The number of nitro groups is 2. The summed E-state index contributed by atoms with van der Waals surface area (Å²) in [7, 11) is 0. The van der Waals surface area contributed by atoms with Gasteiger partial charge in [-0.2, -0.15) is 0 Å². The first kappa shape index (κ1) is 18.3. The monoisotopic (exact) mass is 362 g/mol. The molecule has 136 valence electrons. The minimum atomic E-state index is -1.25. The topological polar surface area (TPSA) is 86.3 Å². The van der Waals surface area contributed by atoms with Crippen LogP contribution in [0.25, 0.3) is 0 Å². The molecule has 0 N–H and O–H groups in total. The fourth-order valence-corrected chi connectivity index (χ4v) is 3.43. The molecule has 0 aliphatic rings. The van der Waals surface area contributed by atoms with Crippen molar-refractivity contribution in [3.05, 3.63) is 128 Å². The maximum absolute atomic E-state index is 12.1. The van der Waals surface area contributed by atoms with Crippen molar-refractivity contribution in [2.24, 2.45) is 0 Å². The highest BCUT2D eigenvalue weighted by atomic mass is 16.6. The van der Waals surface area contributed by atoms with Crippen LogP contribution in [0.2, 0.25) is 0 Å². The Bertz CT molecular complexity index is 844. The minimum absolute atomic E-state index is 0.424. The van der Waals surface area contributed by atoms with E-state index in [4.69, 9.17) is 0 Å². The van der Waals surface area contributed by atoms with Gasteiger partial charge in [0, 0.05) is 21.0 Å². The lowest BCUT2D eigenvalue weighted by molar-refractivity contribution is -0.575. The number of hydrogen-bond acceptors (Lipinski definition) is 4. The van der Waals surface area contributed by atoms with Crippen molar-refractivity contribution in [2.75, 3.05) is 0 Å². The molecule has 0 saturated heterocycles. The van der Waals surface area contributed by atoms with E-state index in [1.54, 1.807) is 91.0 Å². The van der Waals surface area contributed by atoms with Gasteiger partial charge in [-0.05, 0) is 5.56 Å². The summed E-state index contributed by atoms with van der Waals surface area (Å²) < 4.78 is 0. The number of nitrogens with zero attached hydrogens (tertiary/aromatic N) is 2. The van der Waals surface area contributed by atoms with Crippen LogP contribution in [0.15, 0.2) is 91.0 Å². The van der Waals surface area contributed by atoms with Gasteiger partial charge in [0.05, 0.1) is 0 Å². The molecule has 0 amide bonds. The molecular weight excluding hydrogens is 344 g/mol. The molecule has 3 rings (SSSR count). The fourth-order valence-electron chi connectivity index (χ4n) is 3.43. The van der Waals surface area contributed by atoms with Crippen molar-refractivity contribution in [1.29, 1.82) is 0 Å². The van der Waals surface area contributed by atoms with Crippen LogP contribution < -0.4 is 0 Å². The van der Waals surface area contributed by atoms with E-state index in [2.05, 4.69) is 0 Å². The van der Waals surface area contributed by atoms with Crippen molar-refractivity contribution in [1.82, 2.24) is 0 Å². The Balaban J connectivity index is 2.21. The smallest absolute Gasteiger partial charge is 0.251 e. The van der Waals surface area contributed by atoms with Crippen LogP contribution in [0.5, 0.6) is 0 Å². The van der Waals surface area contributed by atoms with E-state index in [1.807, 2.05) is 0 Å². The number of rotatable bonds is 7. The van der Waals surface area contributed by atoms with E-state index in [0.717, 1.165) is 0 Å². The summed E-state index contributed by atoms with van der Waals surface area (Å²) in [5.41, 5.74) is 1.45. The van der Waals surface area contributed by atoms with Gasteiger partial charge in [0.15, 0.2) is 0 Å². The van der Waals surface area contributed by atoms with Crippen LogP contribution >= 0.6 is 0 Å². The molecular formula is C21H18N2O4. The zero-order valence-electron chi connectivity index (χ0n) is 14.4. The third kappa shape index (κ3) is 4.00. The predicted molar refractivity (Wildman–Crippen MR) is 102 cm³/mol. The maximum atomic E-state index is 12.1. The van der Waals surface area contributed by atoms with E-state index in [9.17, 15) is 20.2 Å². The summed E-state index contributed by atoms with van der Waals surface area (Å²) in [5, 5.41) is 24.1. The molecule has 0 aromatic heterocycles. The fraction of sp³-hybridized carbons (Fsp3) is 0.143. The van der Waals surface area contributed by atoms with Crippen LogP contribution in [0.4, 0.5) is 0 Å². The molecule has 3 aromatic carbocycles. The Morgan fingerprint density at radius 1 is 0.519 bits per heavy atom. The van der Waals surface area contributed by atoms with Crippen LogP contribution in [-0.2, 0) is 0 Å². The molecule has 0 saturated carbocycles. The Morgan fingerprint density at radius 3 is 1.11 bits per heavy atom. The summed E-state index contributed by atoms with van der Waals surface area (Å²) in [6.45, 7) is 0. The molecule has 3 aromatic rings. The Morgan fingerprint density at radius 2 is 0.815 bits per heavy atom. The van der Waals surface area contributed by atoms with Crippen LogP contribution in [0.3, 0.4) is 0 Å². The maximum Gasteiger partial charge on any atom is 0.251 e. The lowest BCUT2D eigenvalue weighted by atomic mass is 9.79. The largest absolute Gasteiger partial charge is 0.264 e. The average molecular weight is 362 g/mol. The summed E-state index contributed by atoms with van der Waals surface area (Å²) in [6.07, 6.45) is 0. The van der Waals surface area contributed by atoms with Gasteiger partial charge < -0.3 is 0 Å². The van der Waals surface area contributed by atoms with Crippen molar-refractivity contribution in [2.45, 2.75) is 18.0 Å². The highest BCUT2D eigenvalue weighted by molar-refractivity contribution is 5.31. The second kappa shape index (κ2) is 8.23. The zero-order chi connectivity index (χ0) is 19.2. The molecule has 0 aliphatic heterocycles. The van der Waals surface area contributed by atoms with Crippen molar-refractivity contribution in [3.8, 4) is 0 Å². The lowest BCUT2D eigenvalue weighted by Crippen LogP contribution is -2.29. The van der Waals surface area contributed by atoms with Gasteiger partial charge in [0.25, 0.3) is 12.1 Å². The third-order valence-electron chi connectivity index (χ3n) is 4.60. The van der Waals surface area contributed by atoms with Gasteiger partial charge in [-0.25, -0.2) is 0 Å². The minimum Gasteiger partial charge on any atom is -0.264 e. The molecule has 6 nitrogen and oxygen atoms in total. The molecule has 27 heavy (non-hydrogen) atoms. The van der Waals surface area contributed by atoms with Gasteiger partial charge in [-0.15, -0.1) is 0 Å². The Kier molecular flexibility index (Phi) is 5.56. The van der Waals surface area contributed by atoms with Crippen LogP contribution in [-0.4, -0.2) is 9.85 Å².